The highest BCUT2D eigenvalue weighted by atomic mass is 35.5. The summed E-state index contributed by atoms with van der Waals surface area (Å²) in [6, 6.07) is 5.42. The van der Waals surface area contributed by atoms with Crippen LogP contribution in [0.3, 0.4) is 0 Å². The number of nitrogen functional groups attached to an aromatic ring is 2. The van der Waals surface area contributed by atoms with E-state index in [0.717, 1.165) is 6.20 Å². The lowest BCUT2D eigenvalue weighted by Gasteiger charge is -2.06. The van der Waals surface area contributed by atoms with Gasteiger partial charge in [0.1, 0.15) is 23.1 Å². The van der Waals surface area contributed by atoms with Crippen LogP contribution in [0.5, 0.6) is 0 Å². The van der Waals surface area contributed by atoms with E-state index in [4.69, 9.17) is 22.3 Å². The van der Waals surface area contributed by atoms with Gasteiger partial charge in [-0.15, -0.1) is 12.4 Å². The minimum absolute atomic E-state index is 0. The van der Waals surface area contributed by atoms with Crippen molar-refractivity contribution in [1.82, 2.24) is 9.97 Å². The van der Waals surface area contributed by atoms with Gasteiger partial charge in [-0.2, -0.15) is 0 Å². The molecule has 11 heteroatoms. The highest BCUT2D eigenvalue weighted by molar-refractivity contribution is 5.96. The number of carbonyl (C=O) groups is 2. The summed E-state index contributed by atoms with van der Waals surface area (Å²) in [5, 5.41) is 14.5. The molecule has 0 aromatic carbocycles. The van der Waals surface area contributed by atoms with Crippen molar-refractivity contribution < 1.29 is 19.4 Å². The van der Waals surface area contributed by atoms with Gasteiger partial charge in [-0.25, -0.2) is 24.3 Å². The fraction of sp³-hybridized carbons (Fsp3) is 0.0667. The topological polar surface area (TPSA) is 178 Å². The van der Waals surface area contributed by atoms with Gasteiger partial charge in [0.2, 0.25) is 0 Å². The third-order valence-corrected chi connectivity index (χ3v) is 3.05. The second-order valence-corrected chi connectivity index (χ2v) is 4.83. The first-order chi connectivity index (χ1) is 11.8. The minimum atomic E-state index is -0.943. The molecule has 0 spiro atoms. The summed E-state index contributed by atoms with van der Waals surface area (Å²) in [6.07, 6.45) is 1.14. The Bertz CT molecular complexity index is 869. The Morgan fingerprint density at radius 1 is 0.962 bits per heavy atom. The zero-order valence-corrected chi connectivity index (χ0v) is 14.3. The lowest BCUT2D eigenvalue weighted by molar-refractivity contribution is -0.187. The van der Waals surface area contributed by atoms with E-state index in [0.29, 0.717) is 0 Å². The molecule has 0 radical (unpaired) electrons. The normalized spacial score (nSPS) is 9.58. The van der Waals surface area contributed by atoms with Gasteiger partial charge in [-0.1, -0.05) is 0 Å². The maximum atomic E-state index is 11.9. The number of hydrogen-bond acceptors (Lipinski definition) is 8. The second kappa shape index (κ2) is 8.53. The van der Waals surface area contributed by atoms with E-state index in [1.165, 1.54) is 31.2 Å². The summed E-state index contributed by atoms with van der Waals surface area (Å²) in [4.78, 5) is 40.5. The Morgan fingerprint density at radius 3 is 2.04 bits per heavy atom. The molecule has 2 heterocycles. The average molecular weight is 379 g/mol. The third kappa shape index (κ3) is 4.74. The van der Waals surface area contributed by atoms with E-state index in [1.807, 2.05) is 0 Å². The van der Waals surface area contributed by atoms with Crippen molar-refractivity contribution in [3.8, 4) is 0 Å². The van der Waals surface area contributed by atoms with Crippen LogP contribution in [-0.4, -0.2) is 33.6 Å². The van der Waals surface area contributed by atoms with Gasteiger partial charge >= 0.3 is 11.9 Å². The molecule has 2 aromatic heterocycles. The molecule has 0 atom stereocenters. The molecule has 0 aliphatic carbocycles. The van der Waals surface area contributed by atoms with Gasteiger partial charge in [-0.05, 0) is 31.2 Å². The molecule has 0 bridgehead atoms. The summed E-state index contributed by atoms with van der Waals surface area (Å²) in [6.45, 7) is 1.52. The molecule has 0 fully saturated rings. The molecule has 2 rings (SSSR count). The first kappa shape index (κ1) is 20.5. The van der Waals surface area contributed by atoms with Crippen LogP contribution in [0.2, 0.25) is 0 Å². The SMILES string of the molecule is Cc1nc(C(=N)N)ccc1C(=O)OOC(=O)c1ccc(C(=N)N)nc1.Cl. The van der Waals surface area contributed by atoms with E-state index in [-0.39, 0.29) is 52.3 Å². The first-order valence-electron chi connectivity index (χ1n) is 6.85. The minimum Gasteiger partial charge on any atom is -0.382 e. The van der Waals surface area contributed by atoms with Crippen molar-refractivity contribution in [1.29, 1.82) is 10.8 Å². The van der Waals surface area contributed by atoms with Crippen LogP contribution in [0, 0.1) is 17.7 Å². The van der Waals surface area contributed by atoms with Crippen LogP contribution in [-0.2, 0) is 9.78 Å². The number of pyridine rings is 2. The molecule has 0 saturated carbocycles. The van der Waals surface area contributed by atoms with E-state index in [1.54, 1.807) is 0 Å². The largest absolute Gasteiger partial charge is 0.388 e. The van der Waals surface area contributed by atoms with Crippen LogP contribution in [0.4, 0.5) is 0 Å². The van der Waals surface area contributed by atoms with E-state index in [9.17, 15) is 9.59 Å². The molecule has 0 amide bonds. The summed E-state index contributed by atoms with van der Waals surface area (Å²) in [5.74, 6) is -2.36. The van der Waals surface area contributed by atoms with Gasteiger partial charge in [0.25, 0.3) is 0 Å². The zero-order chi connectivity index (χ0) is 18.6. The molecule has 26 heavy (non-hydrogen) atoms. The number of nitrogens with two attached hydrogens (primary N) is 2. The Morgan fingerprint density at radius 2 is 1.54 bits per heavy atom. The second-order valence-electron chi connectivity index (χ2n) is 4.83. The van der Waals surface area contributed by atoms with Crippen LogP contribution in [0.1, 0.15) is 37.8 Å². The summed E-state index contributed by atoms with van der Waals surface area (Å²) in [5.41, 5.74) is 11.3. The maximum absolute atomic E-state index is 11.9. The molecule has 0 aliphatic heterocycles. The number of hydrogen-bond donors (Lipinski definition) is 4. The zero-order valence-electron chi connectivity index (χ0n) is 13.5. The standard InChI is InChI=1S/C15H14N6O4.ClH/c1-7-9(3-5-11(21-7)13(18)19)15(23)25-24-14(22)8-2-4-10(12(16)17)20-6-8;/h2-6H,1H3,(H3,16,17)(H3,18,19);1H. The highest BCUT2D eigenvalue weighted by Gasteiger charge is 2.17. The monoisotopic (exact) mass is 378 g/mol. The van der Waals surface area contributed by atoms with E-state index in [2.05, 4.69) is 19.7 Å². The molecule has 10 nitrogen and oxygen atoms in total. The van der Waals surface area contributed by atoms with E-state index < -0.39 is 11.9 Å². The first-order valence-corrected chi connectivity index (χ1v) is 6.85. The molecule has 136 valence electrons. The Hall–Kier alpha value is -3.53. The van der Waals surface area contributed by atoms with Crippen LogP contribution < -0.4 is 11.5 Å². The Labute approximate surface area is 153 Å². The Kier molecular flexibility index (Phi) is 6.73. The number of amidine groups is 2. The molecular weight excluding hydrogens is 364 g/mol. The van der Waals surface area contributed by atoms with Crippen molar-refractivity contribution in [3.05, 3.63) is 58.7 Å². The number of aromatic nitrogens is 2. The van der Waals surface area contributed by atoms with Crippen molar-refractivity contribution in [2.75, 3.05) is 0 Å². The fourth-order valence-corrected chi connectivity index (χ4v) is 1.77. The van der Waals surface area contributed by atoms with Gasteiger partial charge < -0.3 is 11.5 Å². The molecule has 0 unspecified atom stereocenters. The van der Waals surface area contributed by atoms with Crippen molar-refractivity contribution in [2.24, 2.45) is 11.5 Å². The van der Waals surface area contributed by atoms with Gasteiger partial charge in [0.15, 0.2) is 0 Å². The summed E-state index contributed by atoms with van der Waals surface area (Å²) in [7, 11) is 0. The Balaban J connectivity index is 0.00000338. The summed E-state index contributed by atoms with van der Waals surface area (Å²) >= 11 is 0. The molecule has 0 aliphatic rings. The lowest BCUT2D eigenvalue weighted by atomic mass is 10.2. The molecule has 0 saturated heterocycles. The smallest absolute Gasteiger partial charge is 0.382 e. The highest BCUT2D eigenvalue weighted by Crippen LogP contribution is 2.10. The van der Waals surface area contributed by atoms with Gasteiger partial charge in [0.05, 0.1) is 16.8 Å². The summed E-state index contributed by atoms with van der Waals surface area (Å²) < 4.78 is 0. The van der Waals surface area contributed by atoms with Crippen molar-refractivity contribution in [2.45, 2.75) is 6.92 Å². The van der Waals surface area contributed by atoms with Crippen LogP contribution >= 0.6 is 12.4 Å². The van der Waals surface area contributed by atoms with Crippen molar-refractivity contribution >= 4 is 36.0 Å². The van der Waals surface area contributed by atoms with Crippen molar-refractivity contribution in [3.63, 3.8) is 0 Å². The number of carbonyl (C=O) groups excluding carboxylic acids is 2. The van der Waals surface area contributed by atoms with Crippen LogP contribution in [0.15, 0.2) is 30.5 Å². The average Bonchev–Trinajstić information content (AvgIpc) is 2.59. The molecular formula is C15H15ClN6O4. The quantitative estimate of drug-likeness (QED) is 0.260. The predicted molar refractivity (Wildman–Crippen MR) is 93.3 cm³/mol. The number of aryl methyl sites for hydroxylation is 1. The number of rotatable bonds is 4. The predicted octanol–water partition coefficient (Wildman–Crippen LogP) is 0.704. The fourth-order valence-electron chi connectivity index (χ4n) is 1.77. The van der Waals surface area contributed by atoms with E-state index >= 15 is 0 Å². The van der Waals surface area contributed by atoms with Gasteiger partial charge in [-0.3, -0.25) is 15.8 Å². The number of nitrogens with zero attached hydrogens (tertiary/aromatic N) is 2. The maximum Gasteiger partial charge on any atom is 0.388 e. The third-order valence-electron chi connectivity index (χ3n) is 3.05. The van der Waals surface area contributed by atoms with Gasteiger partial charge in [0, 0.05) is 6.20 Å². The lowest BCUT2D eigenvalue weighted by Crippen LogP contribution is -2.17. The molecule has 6 N–H and O–H groups in total. The molecule has 2 aromatic rings. The van der Waals surface area contributed by atoms with Crippen LogP contribution in [0.25, 0.3) is 0 Å². The number of halogens is 1. The number of nitrogens with one attached hydrogen (secondary N) is 2.